The van der Waals surface area contributed by atoms with Gasteiger partial charge >= 0.3 is 0 Å². The van der Waals surface area contributed by atoms with E-state index in [-0.39, 0.29) is 23.4 Å². The Morgan fingerprint density at radius 1 is 1.20 bits per heavy atom. The maximum atomic E-state index is 13.8. The van der Waals surface area contributed by atoms with E-state index in [4.69, 9.17) is 0 Å². The number of amides is 1. The topological polar surface area (TPSA) is 45.2 Å². The van der Waals surface area contributed by atoms with Gasteiger partial charge in [-0.15, -0.1) is 0 Å². The first-order chi connectivity index (χ1) is 12.0. The second-order valence-corrected chi connectivity index (χ2v) is 6.13. The summed E-state index contributed by atoms with van der Waals surface area (Å²) in [6, 6.07) is 7.10. The van der Waals surface area contributed by atoms with E-state index < -0.39 is 11.6 Å². The second kappa shape index (κ2) is 7.17. The van der Waals surface area contributed by atoms with Gasteiger partial charge in [-0.1, -0.05) is 6.07 Å². The van der Waals surface area contributed by atoms with Crippen LogP contribution in [0.1, 0.15) is 42.1 Å². The van der Waals surface area contributed by atoms with E-state index in [1.165, 1.54) is 24.4 Å². The minimum Gasteiger partial charge on any atom is -0.357 e. The van der Waals surface area contributed by atoms with Crippen LogP contribution in [-0.4, -0.2) is 30.0 Å². The number of rotatable bonds is 6. The van der Waals surface area contributed by atoms with E-state index in [0.29, 0.717) is 12.0 Å². The van der Waals surface area contributed by atoms with Gasteiger partial charge in [-0.05, 0) is 44.5 Å². The summed E-state index contributed by atoms with van der Waals surface area (Å²) < 4.78 is 27.6. The number of benzene rings is 1. The smallest absolute Gasteiger partial charge is 0.253 e. The molecule has 3 rings (SSSR count). The van der Waals surface area contributed by atoms with Crippen LogP contribution < -0.4 is 10.2 Å². The highest BCUT2D eigenvalue weighted by atomic mass is 19.1. The van der Waals surface area contributed by atoms with Crippen molar-refractivity contribution < 1.29 is 13.6 Å². The number of nitrogens with zero attached hydrogens (tertiary/aromatic N) is 2. The Hall–Kier alpha value is -2.50. The number of hydrogen-bond donors (Lipinski definition) is 1. The summed E-state index contributed by atoms with van der Waals surface area (Å²) in [6.07, 6.45) is 2.07. The summed E-state index contributed by atoms with van der Waals surface area (Å²) >= 11 is 0. The maximum Gasteiger partial charge on any atom is 0.253 e. The zero-order chi connectivity index (χ0) is 18.0. The molecule has 2 unspecified atom stereocenters. The Labute approximate surface area is 145 Å². The zero-order valence-corrected chi connectivity index (χ0v) is 14.3. The molecular weight excluding hydrogens is 324 g/mol. The molecule has 0 aliphatic heterocycles. The van der Waals surface area contributed by atoms with E-state index in [1.807, 2.05) is 19.9 Å². The fraction of sp³-hybridized carbons (Fsp3) is 0.368. The number of pyridine rings is 1. The molecule has 1 amide bonds. The van der Waals surface area contributed by atoms with Gasteiger partial charge in [-0.3, -0.25) is 4.79 Å². The monoisotopic (exact) mass is 345 g/mol. The largest absolute Gasteiger partial charge is 0.357 e. The van der Waals surface area contributed by atoms with Crippen molar-refractivity contribution in [1.82, 2.24) is 10.3 Å². The highest BCUT2D eigenvalue weighted by molar-refractivity contribution is 5.94. The number of halogens is 2. The van der Waals surface area contributed by atoms with Crippen LogP contribution in [0.2, 0.25) is 0 Å². The molecule has 0 bridgehead atoms. The van der Waals surface area contributed by atoms with Crippen molar-refractivity contribution >= 4 is 11.7 Å². The van der Waals surface area contributed by atoms with Crippen molar-refractivity contribution in [1.29, 1.82) is 0 Å². The van der Waals surface area contributed by atoms with Gasteiger partial charge in [0.25, 0.3) is 5.91 Å². The van der Waals surface area contributed by atoms with Crippen LogP contribution in [0.25, 0.3) is 0 Å². The van der Waals surface area contributed by atoms with Crippen LogP contribution >= 0.6 is 0 Å². The van der Waals surface area contributed by atoms with Gasteiger partial charge < -0.3 is 10.2 Å². The molecule has 1 aromatic heterocycles. The number of carbonyl (C=O) groups is 1. The number of anilines is 1. The molecule has 1 saturated carbocycles. The molecule has 1 N–H and O–H groups in total. The molecule has 2 aromatic rings. The van der Waals surface area contributed by atoms with Crippen LogP contribution in [0.3, 0.4) is 0 Å². The normalized spacial score (nSPS) is 18.7. The third kappa shape index (κ3) is 3.62. The highest BCUT2D eigenvalue weighted by Crippen LogP contribution is 2.43. The van der Waals surface area contributed by atoms with Crippen molar-refractivity contribution in [3.05, 3.63) is 59.3 Å². The predicted octanol–water partition coefficient (Wildman–Crippen LogP) is 3.49. The standard InChI is InChI=1S/C19H21F2N3O/c1-3-24(4-2)17-9-8-12(11-22-17)19(25)23-16-10-13(16)18-14(20)6-5-7-15(18)21/h5-9,11,13,16H,3-4,10H2,1-2H3,(H,23,25). The van der Waals surface area contributed by atoms with Crippen molar-refractivity contribution in [3.8, 4) is 0 Å². The molecule has 0 spiro atoms. The van der Waals surface area contributed by atoms with Gasteiger partial charge in [-0.2, -0.15) is 0 Å². The Bertz CT molecular complexity index is 740. The van der Waals surface area contributed by atoms with E-state index in [1.54, 1.807) is 6.07 Å². The van der Waals surface area contributed by atoms with Crippen LogP contribution in [-0.2, 0) is 0 Å². The Balaban J connectivity index is 1.64. The van der Waals surface area contributed by atoms with Crippen molar-refractivity contribution in [2.24, 2.45) is 0 Å². The summed E-state index contributed by atoms with van der Waals surface area (Å²) in [5, 5.41) is 2.82. The van der Waals surface area contributed by atoms with Crippen LogP contribution in [0.4, 0.5) is 14.6 Å². The average molecular weight is 345 g/mol. The molecule has 1 heterocycles. The van der Waals surface area contributed by atoms with Gasteiger partial charge in [0.15, 0.2) is 0 Å². The van der Waals surface area contributed by atoms with Crippen molar-refractivity contribution in [2.75, 3.05) is 18.0 Å². The lowest BCUT2D eigenvalue weighted by atomic mass is 10.1. The first kappa shape index (κ1) is 17.3. The Kier molecular flexibility index (Phi) is 4.97. The summed E-state index contributed by atoms with van der Waals surface area (Å²) in [5.74, 6) is -0.894. The van der Waals surface area contributed by atoms with Gasteiger partial charge in [-0.25, -0.2) is 13.8 Å². The number of hydrogen-bond acceptors (Lipinski definition) is 3. The lowest BCUT2D eigenvalue weighted by Gasteiger charge is -2.19. The fourth-order valence-electron chi connectivity index (χ4n) is 3.05. The molecule has 2 atom stereocenters. The third-order valence-corrected chi connectivity index (χ3v) is 4.57. The number of nitrogens with one attached hydrogen (secondary N) is 1. The molecule has 1 aliphatic carbocycles. The lowest BCUT2D eigenvalue weighted by Crippen LogP contribution is -2.27. The first-order valence-corrected chi connectivity index (χ1v) is 8.50. The molecule has 6 heteroatoms. The van der Waals surface area contributed by atoms with Crippen LogP contribution in [0.15, 0.2) is 36.5 Å². The zero-order valence-electron chi connectivity index (χ0n) is 14.3. The SMILES string of the molecule is CCN(CC)c1ccc(C(=O)NC2CC2c2c(F)cccc2F)cn1. The average Bonchev–Trinajstić information content (AvgIpc) is 3.35. The van der Waals surface area contributed by atoms with E-state index in [2.05, 4.69) is 15.2 Å². The van der Waals surface area contributed by atoms with Gasteiger partial charge in [0.1, 0.15) is 17.5 Å². The molecular formula is C19H21F2N3O. The highest BCUT2D eigenvalue weighted by Gasteiger charge is 2.42. The Morgan fingerprint density at radius 2 is 1.88 bits per heavy atom. The number of aromatic nitrogens is 1. The molecule has 4 nitrogen and oxygen atoms in total. The minimum absolute atomic E-state index is 0.0582. The Morgan fingerprint density at radius 3 is 2.44 bits per heavy atom. The summed E-state index contributed by atoms with van der Waals surface area (Å²) in [4.78, 5) is 18.7. The van der Waals surface area contributed by atoms with E-state index >= 15 is 0 Å². The molecule has 1 fully saturated rings. The van der Waals surface area contributed by atoms with Gasteiger partial charge in [0.05, 0.1) is 5.56 Å². The van der Waals surface area contributed by atoms with Crippen LogP contribution in [0, 0.1) is 11.6 Å². The van der Waals surface area contributed by atoms with Gasteiger partial charge in [0, 0.05) is 36.8 Å². The number of carbonyl (C=O) groups excluding carboxylic acids is 1. The van der Waals surface area contributed by atoms with Crippen molar-refractivity contribution in [3.63, 3.8) is 0 Å². The summed E-state index contributed by atoms with van der Waals surface area (Å²) in [5.41, 5.74) is 0.498. The molecule has 1 aromatic carbocycles. The van der Waals surface area contributed by atoms with Gasteiger partial charge in [0.2, 0.25) is 0 Å². The van der Waals surface area contributed by atoms with E-state index in [0.717, 1.165) is 18.9 Å². The molecule has 132 valence electrons. The molecule has 25 heavy (non-hydrogen) atoms. The molecule has 0 saturated heterocycles. The fourth-order valence-corrected chi connectivity index (χ4v) is 3.05. The summed E-state index contributed by atoms with van der Waals surface area (Å²) in [7, 11) is 0. The quantitative estimate of drug-likeness (QED) is 0.872. The summed E-state index contributed by atoms with van der Waals surface area (Å²) in [6.45, 7) is 5.77. The maximum absolute atomic E-state index is 13.8. The third-order valence-electron chi connectivity index (χ3n) is 4.57. The molecule has 0 radical (unpaired) electrons. The first-order valence-electron chi connectivity index (χ1n) is 8.50. The predicted molar refractivity (Wildman–Crippen MR) is 92.8 cm³/mol. The lowest BCUT2D eigenvalue weighted by molar-refractivity contribution is 0.0950. The van der Waals surface area contributed by atoms with E-state index in [9.17, 15) is 13.6 Å². The molecule has 1 aliphatic rings. The minimum atomic E-state index is -0.563. The second-order valence-electron chi connectivity index (χ2n) is 6.13. The van der Waals surface area contributed by atoms with Crippen LogP contribution in [0.5, 0.6) is 0 Å². The van der Waals surface area contributed by atoms with Crippen molar-refractivity contribution in [2.45, 2.75) is 32.2 Å².